The van der Waals surface area contributed by atoms with Gasteiger partial charge in [-0.15, -0.1) is 0 Å². The van der Waals surface area contributed by atoms with Crippen LogP contribution in [-0.2, 0) is 6.54 Å². The van der Waals surface area contributed by atoms with Crippen LogP contribution in [-0.4, -0.2) is 31.6 Å². The first-order chi connectivity index (χ1) is 11.3. The first-order valence-corrected chi connectivity index (χ1v) is 8.67. The van der Waals surface area contributed by atoms with Gasteiger partial charge in [-0.25, -0.2) is 14.8 Å². The zero-order valence-electron chi connectivity index (χ0n) is 13.5. The highest BCUT2D eigenvalue weighted by Crippen LogP contribution is 2.29. The summed E-state index contributed by atoms with van der Waals surface area (Å²) in [6, 6.07) is 3.60. The lowest BCUT2D eigenvalue weighted by atomic mass is 10.1. The van der Waals surface area contributed by atoms with E-state index in [1.54, 1.807) is 18.5 Å². The van der Waals surface area contributed by atoms with Crippen molar-refractivity contribution in [3.8, 4) is 5.40 Å². The highest BCUT2D eigenvalue weighted by atomic mass is 32.2. The van der Waals surface area contributed by atoms with E-state index in [0.29, 0.717) is 10.9 Å². The monoisotopic (exact) mass is 363 g/mol. The van der Waals surface area contributed by atoms with Crippen LogP contribution in [0.4, 0.5) is 15.7 Å². The van der Waals surface area contributed by atoms with Crippen molar-refractivity contribution in [2.45, 2.75) is 37.1 Å². The zero-order valence-corrected chi connectivity index (χ0v) is 15.1. The molecule has 0 fully saturated rings. The van der Waals surface area contributed by atoms with Crippen LogP contribution in [0.2, 0.25) is 0 Å². The number of carboxylic acid groups (broad SMARTS) is 1. The molecule has 24 heavy (non-hydrogen) atoms. The largest absolute Gasteiger partial charge is 0.465 e. The van der Waals surface area contributed by atoms with Crippen molar-refractivity contribution >= 4 is 40.1 Å². The van der Waals surface area contributed by atoms with Gasteiger partial charge >= 0.3 is 6.09 Å². The highest BCUT2D eigenvalue weighted by Gasteiger charge is 2.26. The molecule has 0 aromatic carbocycles. The molecule has 0 radical (unpaired) electrons. The topological polar surface area (TPSA) is 102 Å². The number of thiocyanates is 1. The van der Waals surface area contributed by atoms with Gasteiger partial charge in [0.15, 0.2) is 5.13 Å². The molecule has 126 valence electrons. The number of hydrogen-bond donors (Lipinski definition) is 2. The Hall–Kier alpha value is -2.31. The Bertz CT molecular complexity index is 746. The molecule has 0 atom stereocenters. The van der Waals surface area contributed by atoms with E-state index in [9.17, 15) is 9.90 Å². The lowest BCUT2D eigenvalue weighted by molar-refractivity contribution is 0.0955. The molecule has 2 aromatic rings. The maximum atomic E-state index is 11.4. The number of nitriles is 1. The minimum absolute atomic E-state index is 0.270. The SMILES string of the molecule is CC(C)(C)N(Cc1ccc(Nc2ncc(SC#N)s2)nc1)C(=O)O. The molecule has 0 aliphatic heterocycles. The van der Waals surface area contributed by atoms with Crippen molar-refractivity contribution < 1.29 is 9.90 Å². The van der Waals surface area contributed by atoms with Gasteiger partial charge in [-0.3, -0.25) is 4.90 Å². The fourth-order valence-electron chi connectivity index (χ4n) is 1.89. The normalized spacial score (nSPS) is 10.9. The predicted molar refractivity (Wildman–Crippen MR) is 94.4 cm³/mol. The Morgan fingerprint density at radius 3 is 2.71 bits per heavy atom. The first kappa shape index (κ1) is 18.0. The molecule has 0 saturated heterocycles. The van der Waals surface area contributed by atoms with Crippen molar-refractivity contribution in [3.05, 3.63) is 30.1 Å². The van der Waals surface area contributed by atoms with Crippen molar-refractivity contribution in [1.82, 2.24) is 14.9 Å². The number of rotatable bonds is 5. The lowest BCUT2D eigenvalue weighted by Crippen LogP contribution is -2.44. The van der Waals surface area contributed by atoms with Crippen LogP contribution in [0.5, 0.6) is 0 Å². The number of anilines is 2. The molecule has 0 bridgehead atoms. The molecular weight excluding hydrogens is 346 g/mol. The van der Waals surface area contributed by atoms with Gasteiger partial charge < -0.3 is 10.4 Å². The number of amides is 1. The van der Waals surface area contributed by atoms with Gasteiger partial charge in [0, 0.05) is 23.5 Å². The van der Waals surface area contributed by atoms with Crippen molar-refractivity contribution in [1.29, 1.82) is 5.26 Å². The molecule has 1 amide bonds. The lowest BCUT2D eigenvalue weighted by Gasteiger charge is -2.33. The average molecular weight is 363 g/mol. The van der Waals surface area contributed by atoms with Crippen LogP contribution in [0.15, 0.2) is 28.7 Å². The summed E-state index contributed by atoms with van der Waals surface area (Å²) in [5.41, 5.74) is 0.316. The molecule has 2 N–H and O–H groups in total. The molecular formula is C15H17N5O2S2. The number of thioether (sulfide) groups is 1. The van der Waals surface area contributed by atoms with Gasteiger partial charge in [0.05, 0.1) is 17.0 Å². The van der Waals surface area contributed by atoms with Crippen LogP contribution in [0.3, 0.4) is 0 Å². The maximum absolute atomic E-state index is 11.4. The van der Waals surface area contributed by atoms with Crippen molar-refractivity contribution in [3.63, 3.8) is 0 Å². The Balaban J connectivity index is 2.04. The minimum atomic E-state index is -0.963. The van der Waals surface area contributed by atoms with Crippen LogP contribution in [0.25, 0.3) is 0 Å². The number of nitrogens with one attached hydrogen (secondary N) is 1. The second kappa shape index (κ2) is 7.51. The van der Waals surface area contributed by atoms with Crippen LogP contribution < -0.4 is 5.32 Å². The molecule has 2 aromatic heterocycles. The highest BCUT2D eigenvalue weighted by molar-refractivity contribution is 8.05. The number of hydrogen-bond acceptors (Lipinski definition) is 7. The van der Waals surface area contributed by atoms with Crippen molar-refractivity contribution in [2.75, 3.05) is 5.32 Å². The third-order valence-corrected chi connectivity index (χ3v) is 4.68. The van der Waals surface area contributed by atoms with E-state index in [1.165, 1.54) is 16.2 Å². The fourth-order valence-corrected chi connectivity index (χ4v) is 3.15. The fraction of sp³-hybridized carbons (Fsp3) is 0.333. The number of aromatic nitrogens is 2. The van der Waals surface area contributed by atoms with Gasteiger partial charge in [-0.05, 0) is 32.4 Å². The number of nitrogens with zero attached hydrogens (tertiary/aromatic N) is 4. The molecule has 0 aliphatic rings. The second-order valence-electron chi connectivity index (χ2n) is 5.89. The van der Waals surface area contributed by atoms with E-state index in [4.69, 9.17) is 5.26 Å². The number of carbonyl (C=O) groups is 1. The predicted octanol–water partition coefficient (Wildman–Crippen LogP) is 4.13. The standard InChI is InChI=1S/C15H17N5O2S2/c1-15(2,3)20(14(21)22)8-10-4-5-11(17-6-10)19-13-18-7-12(24-13)23-9-16/h4-7H,8H2,1-3H3,(H,21,22)(H,17,18,19). The van der Waals surface area contributed by atoms with Gasteiger partial charge in [0.2, 0.25) is 0 Å². The van der Waals surface area contributed by atoms with E-state index in [2.05, 4.69) is 15.3 Å². The van der Waals surface area contributed by atoms with Crippen LogP contribution in [0.1, 0.15) is 26.3 Å². The van der Waals surface area contributed by atoms with Crippen LogP contribution >= 0.6 is 23.1 Å². The second-order valence-corrected chi connectivity index (χ2v) is 8.01. The first-order valence-electron chi connectivity index (χ1n) is 7.04. The molecule has 0 unspecified atom stereocenters. The summed E-state index contributed by atoms with van der Waals surface area (Å²) in [5, 5.41) is 23.7. The zero-order chi connectivity index (χ0) is 17.7. The molecule has 2 heterocycles. The van der Waals surface area contributed by atoms with E-state index < -0.39 is 11.6 Å². The summed E-state index contributed by atoms with van der Waals surface area (Å²) in [6.07, 6.45) is 2.31. The number of thiazole rings is 1. The Morgan fingerprint density at radius 2 is 2.17 bits per heavy atom. The molecule has 0 spiro atoms. The maximum Gasteiger partial charge on any atom is 0.408 e. The van der Waals surface area contributed by atoms with E-state index >= 15 is 0 Å². The third kappa shape index (κ3) is 4.84. The summed E-state index contributed by atoms with van der Waals surface area (Å²) in [6.45, 7) is 5.82. The van der Waals surface area contributed by atoms with Gasteiger partial charge in [-0.1, -0.05) is 17.4 Å². The van der Waals surface area contributed by atoms with Crippen molar-refractivity contribution in [2.24, 2.45) is 0 Å². The van der Waals surface area contributed by atoms with Gasteiger partial charge in [0.1, 0.15) is 11.2 Å². The quantitative estimate of drug-likeness (QED) is 0.608. The molecule has 0 aliphatic carbocycles. The average Bonchev–Trinajstić information content (AvgIpc) is 2.92. The Morgan fingerprint density at radius 1 is 1.42 bits per heavy atom. The number of pyridine rings is 1. The summed E-state index contributed by atoms with van der Waals surface area (Å²) >= 11 is 2.43. The third-order valence-electron chi connectivity index (χ3n) is 3.07. The molecule has 0 saturated carbocycles. The summed E-state index contributed by atoms with van der Waals surface area (Å²) in [5.74, 6) is 0.610. The van der Waals surface area contributed by atoms with Crippen LogP contribution in [0, 0.1) is 10.7 Å². The van der Waals surface area contributed by atoms with E-state index in [1.807, 2.05) is 32.2 Å². The molecule has 9 heteroatoms. The summed E-state index contributed by atoms with van der Waals surface area (Å²) in [7, 11) is 0. The molecule has 7 nitrogen and oxygen atoms in total. The van der Waals surface area contributed by atoms with E-state index in [-0.39, 0.29) is 6.54 Å². The Labute approximate surface area is 148 Å². The molecule has 2 rings (SSSR count). The van der Waals surface area contributed by atoms with E-state index in [0.717, 1.165) is 21.5 Å². The summed E-state index contributed by atoms with van der Waals surface area (Å²) in [4.78, 5) is 21.2. The summed E-state index contributed by atoms with van der Waals surface area (Å²) < 4.78 is 0.805. The smallest absolute Gasteiger partial charge is 0.408 e. The Kier molecular flexibility index (Phi) is 5.64. The van der Waals surface area contributed by atoms with Gasteiger partial charge in [0.25, 0.3) is 0 Å². The minimum Gasteiger partial charge on any atom is -0.465 e. The van der Waals surface area contributed by atoms with Gasteiger partial charge in [-0.2, -0.15) is 5.26 Å².